The number of nitrogens with zero attached hydrogens (tertiary/aromatic N) is 2. The highest BCUT2D eigenvalue weighted by molar-refractivity contribution is 7.98. The lowest BCUT2D eigenvalue weighted by Gasteiger charge is -2.20. The molecule has 0 fully saturated rings. The normalized spacial score (nSPS) is 11.8. The summed E-state index contributed by atoms with van der Waals surface area (Å²) >= 11 is 1.69. The van der Waals surface area contributed by atoms with Gasteiger partial charge in [0.05, 0.1) is 11.4 Å². The SMILES string of the molecule is CCN(CC)S(=O)(=O)c1ccc(C)c(NC(=O)CN(C)Cc2ccc(SC)cc2)c1. The van der Waals surface area contributed by atoms with Crippen LogP contribution in [0.5, 0.6) is 0 Å². The summed E-state index contributed by atoms with van der Waals surface area (Å²) in [6, 6.07) is 13.1. The zero-order valence-electron chi connectivity index (χ0n) is 18.3. The molecule has 0 saturated heterocycles. The summed E-state index contributed by atoms with van der Waals surface area (Å²) in [4.78, 5) is 15.9. The van der Waals surface area contributed by atoms with Crippen LogP contribution >= 0.6 is 11.8 Å². The van der Waals surface area contributed by atoms with Crippen LogP contribution in [0, 0.1) is 6.92 Å². The third kappa shape index (κ3) is 6.31. The second-order valence-electron chi connectivity index (χ2n) is 7.13. The van der Waals surface area contributed by atoms with Crippen molar-refractivity contribution in [1.82, 2.24) is 9.21 Å². The molecule has 6 nitrogen and oxygen atoms in total. The lowest BCUT2D eigenvalue weighted by atomic mass is 10.2. The third-order valence-electron chi connectivity index (χ3n) is 4.85. The minimum Gasteiger partial charge on any atom is -0.325 e. The fraction of sp³-hybridized carbons (Fsp3) is 0.409. The molecule has 0 aromatic heterocycles. The Morgan fingerprint density at radius 3 is 2.27 bits per heavy atom. The highest BCUT2D eigenvalue weighted by atomic mass is 32.2. The molecule has 0 bridgehead atoms. The molecule has 0 radical (unpaired) electrons. The third-order valence-corrected chi connectivity index (χ3v) is 7.64. The van der Waals surface area contributed by atoms with Gasteiger partial charge in [-0.3, -0.25) is 9.69 Å². The number of sulfonamides is 1. The van der Waals surface area contributed by atoms with Gasteiger partial charge in [0.15, 0.2) is 0 Å². The van der Waals surface area contributed by atoms with Crippen LogP contribution in [-0.2, 0) is 21.4 Å². The smallest absolute Gasteiger partial charge is 0.243 e. The number of hydrogen-bond donors (Lipinski definition) is 1. The van der Waals surface area contributed by atoms with Gasteiger partial charge in [0.1, 0.15) is 0 Å². The Morgan fingerprint density at radius 1 is 1.07 bits per heavy atom. The lowest BCUT2D eigenvalue weighted by Crippen LogP contribution is -2.31. The van der Waals surface area contributed by atoms with Gasteiger partial charge in [0, 0.05) is 30.2 Å². The van der Waals surface area contributed by atoms with Crippen LogP contribution < -0.4 is 5.32 Å². The van der Waals surface area contributed by atoms with Crippen LogP contribution in [0.3, 0.4) is 0 Å². The minimum atomic E-state index is -3.58. The maximum absolute atomic E-state index is 12.8. The molecular formula is C22H31N3O3S2. The number of hydrogen-bond acceptors (Lipinski definition) is 5. The molecule has 164 valence electrons. The molecule has 30 heavy (non-hydrogen) atoms. The second-order valence-corrected chi connectivity index (χ2v) is 9.95. The van der Waals surface area contributed by atoms with Crippen LogP contribution in [0.1, 0.15) is 25.0 Å². The van der Waals surface area contributed by atoms with Crippen LogP contribution in [0.25, 0.3) is 0 Å². The number of likely N-dealkylation sites (N-methyl/N-ethyl adjacent to an activating group) is 1. The van der Waals surface area contributed by atoms with Crippen molar-refractivity contribution in [3.05, 3.63) is 53.6 Å². The Kier molecular flexibility index (Phi) is 8.91. The van der Waals surface area contributed by atoms with E-state index in [0.717, 1.165) is 11.1 Å². The number of anilines is 1. The molecular weight excluding hydrogens is 418 g/mol. The molecule has 0 unspecified atom stereocenters. The fourth-order valence-corrected chi connectivity index (χ4v) is 5.04. The Bertz CT molecular complexity index is 956. The van der Waals surface area contributed by atoms with Gasteiger partial charge >= 0.3 is 0 Å². The first-order valence-electron chi connectivity index (χ1n) is 9.93. The summed E-state index contributed by atoms with van der Waals surface area (Å²) in [6.45, 7) is 7.12. The van der Waals surface area contributed by atoms with E-state index in [1.807, 2.05) is 39.0 Å². The summed E-state index contributed by atoms with van der Waals surface area (Å²) in [6.07, 6.45) is 2.04. The molecule has 0 aliphatic carbocycles. The standard InChI is InChI=1S/C22H31N3O3S2/c1-6-25(7-2)30(27,28)20-13-8-17(3)21(14-20)23-22(26)16-24(4)15-18-9-11-19(29-5)12-10-18/h8-14H,6-7,15-16H2,1-5H3,(H,23,26). The van der Waals surface area contributed by atoms with E-state index < -0.39 is 10.0 Å². The number of amides is 1. The minimum absolute atomic E-state index is 0.182. The Labute approximate surface area is 184 Å². The predicted molar refractivity (Wildman–Crippen MR) is 124 cm³/mol. The van der Waals surface area contributed by atoms with E-state index in [9.17, 15) is 13.2 Å². The first-order valence-corrected chi connectivity index (χ1v) is 12.6. The molecule has 2 aromatic rings. The first-order chi connectivity index (χ1) is 14.2. The average Bonchev–Trinajstić information content (AvgIpc) is 2.70. The first kappa shape index (κ1) is 24.4. The number of carbonyl (C=O) groups is 1. The van der Waals surface area contributed by atoms with Gasteiger partial charge in [-0.25, -0.2) is 8.42 Å². The monoisotopic (exact) mass is 449 g/mol. The van der Waals surface area contributed by atoms with Gasteiger partial charge < -0.3 is 5.32 Å². The Hall–Kier alpha value is -1.87. The maximum Gasteiger partial charge on any atom is 0.243 e. The van der Waals surface area contributed by atoms with Crippen LogP contribution in [0.4, 0.5) is 5.69 Å². The van der Waals surface area contributed by atoms with E-state index in [2.05, 4.69) is 29.6 Å². The van der Waals surface area contributed by atoms with Crippen molar-refractivity contribution >= 4 is 33.4 Å². The molecule has 0 spiro atoms. The molecule has 8 heteroatoms. The molecule has 0 saturated carbocycles. The Morgan fingerprint density at radius 2 is 1.70 bits per heavy atom. The highest BCUT2D eigenvalue weighted by Crippen LogP contribution is 2.23. The van der Waals surface area contributed by atoms with E-state index in [4.69, 9.17) is 0 Å². The molecule has 1 amide bonds. The highest BCUT2D eigenvalue weighted by Gasteiger charge is 2.22. The lowest BCUT2D eigenvalue weighted by molar-refractivity contribution is -0.117. The number of carbonyl (C=O) groups excluding carboxylic acids is 1. The van der Waals surface area contributed by atoms with Crippen molar-refractivity contribution < 1.29 is 13.2 Å². The predicted octanol–water partition coefficient (Wildman–Crippen LogP) is 3.82. The molecule has 1 N–H and O–H groups in total. The van der Waals surface area contributed by atoms with Crippen molar-refractivity contribution in [2.75, 3.05) is 38.3 Å². The van der Waals surface area contributed by atoms with Crippen LogP contribution in [0.2, 0.25) is 0 Å². The van der Waals surface area contributed by atoms with Crippen LogP contribution in [0.15, 0.2) is 52.3 Å². The van der Waals surface area contributed by atoms with Crippen molar-refractivity contribution in [3.8, 4) is 0 Å². The quantitative estimate of drug-likeness (QED) is 0.559. The molecule has 0 aliphatic rings. The van der Waals surface area contributed by atoms with Gasteiger partial charge in [0.25, 0.3) is 0 Å². The fourth-order valence-electron chi connectivity index (χ4n) is 3.14. The molecule has 0 heterocycles. The van der Waals surface area contributed by atoms with Crippen molar-refractivity contribution in [2.24, 2.45) is 0 Å². The van der Waals surface area contributed by atoms with E-state index in [1.165, 1.54) is 9.20 Å². The van der Waals surface area contributed by atoms with Gasteiger partial charge in [-0.15, -0.1) is 11.8 Å². The number of aryl methyl sites for hydroxylation is 1. The largest absolute Gasteiger partial charge is 0.325 e. The zero-order valence-corrected chi connectivity index (χ0v) is 19.9. The molecule has 2 rings (SSSR count). The zero-order chi connectivity index (χ0) is 22.3. The number of thioether (sulfide) groups is 1. The Balaban J connectivity index is 2.06. The second kappa shape index (κ2) is 10.9. The van der Waals surface area contributed by atoms with E-state index in [0.29, 0.717) is 25.3 Å². The summed E-state index contributed by atoms with van der Waals surface area (Å²) in [5.41, 5.74) is 2.47. The molecule has 0 aliphatic heterocycles. The average molecular weight is 450 g/mol. The summed E-state index contributed by atoms with van der Waals surface area (Å²) in [7, 11) is -1.69. The van der Waals surface area contributed by atoms with Gasteiger partial charge in [-0.1, -0.05) is 32.0 Å². The number of rotatable bonds is 10. The van der Waals surface area contributed by atoms with Gasteiger partial charge in [-0.2, -0.15) is 4.31 Å². The summed E-state index contributed by atoms with van der Waals surface area (Å²) in [5.74, 6) is -0.182. The topological polar surface area (TPSA) is 69.7 Å². The number of benzene rings is 2. The van der Waals surface area contributed by atoms with E-state index in [1.54, 1.807) is 30.0 Å². The van der Waals surface area contributed by atoms with Crippen molar-refractivity contribution in [2.45, 2.75) is 37.1 Å². The van der Waals surface area contributed by atoms with Crippen LogP contribution in [-0.4, -0.2) is 56.5 Å². The van der Waals surface area contributed by atoms with Gasteiger partial charge in [-0.05, 0) is 55.6 Å². The van der Waals surface area contributed by atoms with Crippen molar-refractivity contribution in [1.29, 1.82) is 0 Å². The van der Waals surface area contributed by atoms with Crippen molar-refractivity contribution in [3.63, 3.8) is 0 Å². The van der Waals surface area contributed by atoms with E-state index >= 15 is 0 Å². The van der Waals surface area contributed by atoms with Gasteiger partial charge in [0.2, 0.25) is 15.9 Å². The number of nitrogens with one attached hydrogen (secondary N) is 1. The summed E-state index contributed by atoms with van der Waals surface area (Å²) < 4.78 is 26.9. The summed E-state index contributed by atoms with van der Waals surface area (Å²) in [5, 5.41) is 2.87. The molecule has 0 atom stereocenters. The maximum atomic E-state index is 12.8. The van der Waals surface area contributed by atoms with E-state index in [-0.39, 0.29) is 17.3 Å². The molecule has 2 aromatic carbocycles.